The molecule has 0 spiro atoms. The zero-order chi connectivity index (χ0) is 20.1. The van der Waals surface area contributed by atoms with E-state index >= 15 is 0 Å². The maximum absolute atomic E-state index is 12.5. The molecule has 0 aliphatic carbocycles. The fourth-order valence-electron chi connectivity index (χ4n) is 3.52. The van der Waals surface area contributed by atoms with Crippen LogP contribution < -0.4 is 10.2 Å². The van der Waals surface area contributed by atoms with Gasteiger partial charge in [-0.25, -0.2) is 4.98 Å². The minimum absolute atomic E-state index is 0.105. The number of pyridine rings is 1. The summed E-state index contributed by atoms with van der Waals surface area (Å²) in [5.74, 6) is 0.723. The molecule has 5 heteroatoms. The molecule has 2 aromatic heterocycles. The van der Waals surface area contributed by atoms with Crippen LogP contribution in [0.4, 0.5) is 11.5 Å². The van der Waals surface area contributed by atoms with Crippen LogP contribution in [-0.2, 0) is 6.42 Å². The zero-order valence-electron chi connectivity index (χ0n) is 16.4. The molecular formula is C24H24N4O. The molecule has 2 heterocycles. The maximum atomic E-state index is 12.5. The van der Waals surface area contributed by atoms with Gasteiger partial charge >= 0.3 is 0 Å². The van der Waals surface area contributed by atoms with E-state index in [1.54, 1.807) is 6.20 Å². The Kier molecular flexibility index (Phi) is 5.56. The van der Waals surface area contributed by atoms with E-state index in [1.165, 1.54) is 10.9 Å². The van der Waals surface area contributed by atoms with Crippen molar-refractivity contribution < 1.29 is 4.79 Å². The van der Waals surface area contributed by atoms with Crippen molar-refractivity contribution in [3.63, 3.8) is 0 Å². The van der Waals surface area contributed by atoms with Crippen molar-refractivity contribution in [2.24, 2.45) is 0 Å². The van der Waals surface area contributed by atoms with Crippen molar-refractivity contribution in [3.8, 4) is 0 Å². The highest BCUT2D eigenvalue weighted by molar-refractivity contribution is 5.94. The van der Waals surface area contributed by atoms with Gasteiger partial charge in [0.15, 0.2) is 0 Å². The Labute approximate surface area is 170 Å². The summed E-state index contributed by atoms with van der Waals surface area (Å²) in [6.45, 7) is 3.46. The van der Waals surface area contributed by atoms with E-state index < -0.39 is 0 Å². The summed E-state index contributed by atoms with van der Waals surface area (Å²) < 4.78 is 0. The van der Waals surface area contributed by atoms with Gasteiger partial charge in [-0.3, -0.25) is 4.79 Å². The van der Waals surface area contributed by atoms with Gasteiger partial charge in [-0.15, -0.1) is 0 Å². The summed E-state index contributed by atoms with van der Waals surface area (Å²) in [5.41, 5.74) is 3.97. The summed E-state index contributed by atoms with van der Waals surface area (Å²) in [7, 11) is 0. The van der Waals surface area contributed by atoms with Gasteiger partial charge in [-0.1, -0.05) is 36.4 Å². The number of benzene rings is 2. The molecule has 29 heavy (non-hydrogen) atoms. The first-order valence-electron chi connectivity index (χ1n) is 9.88. The third-order valence-electron chi connectivity index (χ3n) is 5.03. The summed E-state index contributed by atoms with van der Waals surface area (Å²) >= 11 is 0. The molecule has 4 rings (SSSR count). The number of carbonyl (C=O) groups excluding carboxylic acids is 1. The van der Waals surface area contributed by atoms with E-state index in [1.807, 2.05) is 48.7 Å². The van der Waals surface area contributed by atoms with Crippen molar-refractivity contribution in [1.29, 1.82) is 0 Å². The average Bonchev–Trinajstić information content (AvgIpc) is 3.19. The Morgan fingerprint density at radius 3 is 2.59 bits per heavy atom. The molecule has 0 radical (unpaired) electrons. The van der Waals surface area contributed by atoms with Crippen LogP contribution in [0, 0.1) is 0 Å². The Morgan fingerprint density at radius 1 is 1.03 bits per heavy atom. The Morgan fingerprint density at radius 2 is 1.83 bits per heavy atom. The van der Waals surface area contributed by atoms with Crippen molar-refractivity contribution in [2.75, 3.05) is 18.0 Å². The van der Waals surface area contributed by atoms with Gasteiger partial charge in [0.05, 0.1) is 5.56 Å². The van der Waals surface area contributed by atoms with Crippen molar-refractivity contribution >= 4 is 28.3 Å². The molecule has 0 aliphatic heterocycles. The van der Waals surface area contributed by atoms with E-state index in [9.17, 15) is 4.79 Å². The van der Waals surface area contributed by atoms with Crippen LogP contribution in [0.25, 0.3) is 10.9 Å². The van der Waals surface area contributed by atoms with Gasteiger partial charge in [0.2, 0.25) is 0 Å². The van der Waals surface area contributed by atoms with Crippen LogP contribution in [0.5, 0.6) is 0 Å². The molecular weight excluding hydrogens is 360 g/mol. The SMILES string of the molecule is CCN(c1ccccc1)c1ccc(C(=O)NCCc2c[nH]c3ccccc23)cn1. The number of hydrogen-bond acceptors (Lipinski definition) is 3. The van der Waals surface area contributed by atoms with Crippen LogP contribution in [0.1, 0.15) is 22.8 Å². The van der Waals surface area contributed by atoms with Crippen molar-refractivity contribution in [2.45, 2.75) is 13.3 Å². The highest BCUT2D eigenvalue weighted by Crippen LogP contribution is 2.23. The van der Waals surface area contributed by atoms with E-state index in [2.05, 4.69) is 51.4 Å². The summed E-state index contributed by atoms with van der Waals surface area (Å²) in [6, 6.07) is 22.0. The number of aromatic amines is 1. The lowest BCUT2D eigenvalue weighted by Gasteiger charge is -2.22. The number of hydrogen-bond donors (Lipinski definition) is 2. The second-order valence-electron chi connectivity index (χ2n) is 6.85. The first-order valence-corrected chi connectivity index (χ1v) is 9.88. The second kappa shape index (κ2) is 8.61. The van der Waals surface area contributed by atoms with E-state index in [0.717, 1.165) is 30.0 Å². The number of fused-ring (bicyclic) bond motifs is 1. The van der Waals surface area contributed by atoms with E-state index in [-0.39, 0.29) is 5.91 Å². The molecule has 2 aromatic carbocycles. The van der Waals surface area contributed by atoms with E-state index in [4.69, 9.17) is 0 Å². The van der Waals surface area contributed by atoms with Gasteiger partial charge in [0, 0.05) is 42.1 Å². The molecule has 0 saturated heterocycles. The van der Waals surface area contributed by atoms with Gasteiger partial charge in [-0.2, -0.15) is 0 Å². The van der Waals surface area contributed by atoms with E-state index in [0.29, 0.717) is 12.1 Å². The molecule has 5 nitrogen and oxygen atoms in total. The molecule has 0 fully saturated rings. The summed E-state index contributed by atoms with van der Waals surface area (Å²) in [4.78, 5) is 22.4. The Balaban J connectivity index is 1.38. The lowest BCUT2D eigenvalue weighted by atomic mass is 10.1. The fourth-order valence-corrected chi connectivity index (χ4v) is 3.52. The monoisotopic (exact) mass is 384 g/mol. The standard InChI is InChI=1S/C24H24N4O/c1-2-28(20-8-4-3-5-9-20)23-13-12-19(17-27-23)24(29)25-15-14-18-16-26-22-11-7-6-10-21(18)22/h3-13,16-17,26H,2,14-15H2,1H3,(H,25,29). The number of H-pyrrole nitrogens is 1. The first-order chi connectivity index (χ1) is 14.3. The number of anilines is 2. The number of carbonyl (C=O) groups is 1. The Hall–Kier alpha value is -3.60. The number of amides is 1. The Bertz CT molecular complexity index is 1090. The predicted octanol–water partition coefficient (Wildman–Crippen LogP) is 4.69. The number of nitrogens with one attached hydrogen (secondary N) is 2. The molecule has 146 valence electrons. The van der Waals surface area contributed by atoms with Crippen molar-refractivity contribution in [1.82, 2.24) is 15.3 Å². The molecule has 0 aliphatic rings. The first kappa shape index (κ1) is 18.7. The van der Waals surface area contributed by atoms with Gasteiger partial charge in [0.1, 0.15) is 5.82 Å². The average molecular weight is 384 g/mol. The molecule has 4 aromatic rings. The summed E-state index contributed by atoms with van der Waals surface area (Å²) in [5, 5.41) is 4.19. The summed E-state index contributed by atoms with van der Waals surface area (Å²) in [6.07, 6.45) is 4.43. The molecule has 0 atom stereocenters. The molecule has 1 amide bonds. The minimum Gasteiger partial charge on any atom is -0.361 e. The van der Waals surface area contributed by atoms with Gasteiger partial charge in [-0.05, 0) is 49.2 Å². The molecule has 0 unspecified atom stereocenters. The third-order valence-corrected chi connectivity index (χ3v) is 5.03. The largest absolute Gasteiger partial charge is 0.361 e. The van der Waals surface area contributed by atoms with Crippen LogP contribution in [-0.4, -0.2) is 29.0 Å². The van der Waals surface area contributed by atoms with Crippen LogP contribution in [0.15, 0.2) is 79.1 Å². The van der Waals surface area contributed by atoms with Crippen LogP contribution >= 0.6 is 0 Å². The predicted molar refractivity (Wildman–Crippen MR) is 118 cm³/mol. The topological polar surface area (TPSA) is 61.0 Å². The third kappa shape index (κ3) is 4.14. The normalized spacial score (nSPS) is 10.8. The van der Waals surface area contributed by atoms with Crippen molar-refractivity contribution in [3.05, 3.63) is 90.3 Å². The van der Waals surface area contributed by atoms with Gasteiger partial charge in [0.25, 0.3) is 5.91 Å². The quantitative estimate of drug-likeness (QED) is 0.486. The smallest absolute Gasteiger partial charge is 0.252 e. The highest BCUT2D eigenvalue weighted by Gasteiger charge is 2.11. The van der Waals surface area contributed by atoms with Gasteiger partial charge < -0.3 is 15.2 Å². The number of aromatic nitrogens is 2. The molecule has 0 bridgehead atoms. The number of rotatable bonds is 7. The lowest BCUT2D eigenvalue weighted by Crippen LogP contribution is -2.26. The highest BCUT2D eigenvalue weighted by atomic mass is 16.1. The lowest BCUT2D eigenvalue weighted by molar-refractivity contribution is 0.0954. The van der Waals surface area contributed by atoms with Crippen LogP contribution in [0.2, 0.25) is 0 Å². The second-order valence-corrected chi connectivity index (χ2v) is 6.85. The number of para-hydroxylation sites is 2. The zero-order valence-corrected chi connectivity index (χ0v) is 16.4. The maximum Gasteiger partial charge on any atom is 0.252 e. The minimum atomic E-state index is -0.105. The molecule has 0 saturated carbocycles. The fraction of sp³-hybridized carbons (Fsp3) is 0.167. The molecule has 2 N–H and O–H groups in total. The number of nitrogens with zero attached hydrogens (tertiary/aromatic N) is 2. The van der Waals surface area contributed by atoms with Crippen LogP contribution in [0.3, 0.4) is 0 Å².